The third kappa shape index (κ3) is 3.40. The van der Waals surface area contributed by atoms with E-state index in [1.807, 2.05) is 37.1 Å². The Morgan fingerprint density at radius 2 is 2.05 bits per heavy atom. The molecule has 20 heavy (non-hydrogen) atoms. The van der Waals surface area contributed by atoms with Crippen molar-refractivity contribution in [3.8, 4) is 11.8 Å². The molecule has 1 saturated carbocycles. The maximum atomic E-state index is 12.5. The number of amides is 1. The lowest BCUT2D eigenvalue weighted by Gasteiger charge is -2.24. The van der Waals surface area contributed by atoms with Crippen LogP contribution in [0.4, 0.5) is 0 Å². The number of aliphatic hydroxyl groups is 1. The van der Waals surface area contributed by atoms with Gasteiger partial charge in [0.25, 0.3) is 5.91 Å². The summed E-state index contributed by atoms with van der Waals surface area (Å²) in [4.78, 5) is 14.4. The van der Waals surface area contributed by atoms with E-state index in [4.69, 9.17) is 5.11 Å². The fourth-order valence-electron chi connectivity index (χ4n) is 2.78. The van der Waals surface area contributed by atoms with Gasteiger partial charge in [0.15, 0.2) is 0 Å². The van der Waals surface area contributed by atoms with Gasteiger partial charge in [0.1, 0.15) is 6.61 Å². The number of nitrogens with zero attached hydrogens (tertiary/aromatic N) is 1. The van der Waals surface area contributed by atoms with Crippen LogP contribution in [-0.2, 0) is 0 Å². The molecule has 0 radical (unpaired) electrons. The zero-order valence-corrected chi connectivity index (χ0v) is 12.1. The minimum atomic E-state index is -0.167. The first-order valence-electron chi connectivity index (χ1n) is 7.10. The molecule has 0 saturated heterocycles. The lowest BCUT2D eigenvalue weighted by Crippen LogP contribution is -2.35. The molecule has 3 nitrogen and oxygen atoms in total. The highest BCUT2D eigenvalue weighted by Crippen LogP contribution is 2.24. The number of carbonyl (C=O) groups is 1. The molecule has 0 aliphatic heterocycles. The summed E-state index contributed by atoms with van der Waals surface area (Å²) in [5.41, 5.74) is 2.47. The van der Waals surface area contributed by atoms with Crippen molar-refractivity contribution in [3.63, 3.8) is 0 Å². The first-order chi connectivity index (χ1) is 9.61. The maximum Gasteiger partial charge on any atom is 0.253 e. The van der Waals surface area contributed by atoms with Gasteiger partial charge in [-0.3, -0.25) is 4.79 Å². The zero-order chi connectivity index (χ0) is 14.5. The summed E-state index contributed by atoms with van der Waals surface area (Å²) in [6.07, 6.45) is 4.63. The topological polar surface area (TPSA) is 40.5 Å². The van der Waals surface area contributed by atoms with Crippen molar-refractivity contribution in [2.45, 2.75) is 38.6 Å². The summed E-state index contributed by atoms with van der Waals surface area (Å²) >= 11 is 0. The van der Waals surface area contributed by atoms with E-state index in [1.165, 1.54) is 12.8 Å². The average Bonchev–Trinajstić information content (AvgIpc) is 2.97. The van der Waals surface area contributed by atoms with Crippen LogP contribution in [-0.4, -0.2) is 35.6 Å². The van der Waals surface area contributed by atoms with Crippen LogP contribution in [0.5, 0.6) is 0 Å². The molecule has 0 unspecified atom stereocenters. The fraction of sp³-hybridized carbons (Fsp3) is 0.471. The number of carbonyl (C=O) groups excluding carboxylic acids is 1. The van der Waals surface area contributed by atoms with Gasteiger partial charge in [0, 0.05) is 24.2 Å². The van der Waals surface area contributed by atoms with Crippen molar-refractivity contribution >= 4 is 5.91 Å². The van der Waals surface area contributed by atoms with E-state index in [2.05, 4.69) is 11.8 Å². The van der Waals surface area contributed by atoms with Crippen LogP contribution >= 0.6 is 0 Å². The van der Waals surface area contributed by atoms with Crippen LogP contribution in [0.1, 0.15) is 47.2 Å². The number of aryl methyl sites for hydroxylation is 1. The number of aliphatic hydroxyl groups excluding tert-OH is 1. The number of benzene rings is 1. The summed E-state index contributed by atoms with van der Waals surface area (Å²) in [7, 11) is 1.89. The Bertz CT molecular complexity index is 548. The van der Waals surface area contributed by atoms with Gasteiger partial charge in [-0.2, -0.15) is 0 Å². The van der Waals surface area contributed by atoms with Crippen molar-refractivity contribution in [2.24, 2.45) is 0 Å². The van der Waals surface area contributed by atoms with Crippen molar-refractivity contribution in [3.05, 3.63) is 34.9 Å². The van der Waals surface area contributed by atoms with Gasteiger partial charge >= 0.3 is 0 Å². The van der Waals surface area contributed by atoms with Crippen LogP contribution < -0.4 is 0 Å². The normalized spacial score (nSPS) is 14.8. The second kappa shape index (κ2) is 6.58. The highest BCUT2D eigenvalue weighted by atomic mass is 16.2. The molecule has 0 heterocycles. The Morgan fingerprint density at radius 3 is 2.70 bits per heavy atom. The van der Waals surface area contributed by atoms with E-state index in [0.717, 1.165) is 24.0 Å². The molecular formula is C17H21NO2. The lowest BCUT2D eigenvalue weighted by atomic mass is 10.0. The van der Waals surface area contributed by atoms with Gasteiger partial charge in [-0.25, -0.2) is 0 Å². The Morgan fingerprint density at radius 1 is 1.35 bits per heavy atom. The smallest absolute Gasteiger partial charge is 0.253 e. The maximum absolute atomic E-state index is 12.5. The second-order valence-corrected chi connectivity index (χ2v) is 5.40. The largest absolute Gasteiger partial charge is 0.384 e. The standard InChI is InChI=1S/C17H21NO2/c1-13-10-14(6-5-9-19)12-15(11-13)17(20)18(2)16-7-3-4-8-16/h10-12,16,19H,3-4,7-9H2,1-2H3. The van der Waals surface area contributed by atoms with Gasteiger partial charge in [0.05, 0.1) is 0 Å². The van der Waals surface area contributed by atoms with Gasteiger partial charge in [-0.05, 0) is 43.5 Å². The molecule has 1 amide bonds. The Hall–Kier alpha value is -1.79. The van der Waals surface area contributed by atoms with Crippen LogP contribution in [0.25, 0.3) is 0 Å². The summed E-state index contributed by atoms with van der Waals surface area (Å²) in [5, 5.41) is 8.76. The molecule has 1 aliphatic carbocycles. The van der Waals surface area contributed by atoms with E-state index >= 15 is 0 Å². The molecule has 1 fully saturated rings. The van der Waals surface area contributed by atoms with Crippen molar-refractivity contribution < 1.29 is 9.90 Å². The average molecular weight is 271 g/mol. The van der Waals surface area contributed by atoms with E-state index in [9.17, 15) is 4.79 Å². The highest BCUT2D eigenvalue weighted by molar-refractivity contribution is 5.94. The molecule has 0 bridgehead atoms. The number of hydrogen-bond acceptors (Lipinski definition) is 2. The lowest BCUT2D eigenvalue weighted by molar-refractivity contribution is 0.0735. The third-order valence-electron chi connectivity index (χ3n) is 3.83. The van der Waals surface area contributed by atoms with Crippen LogP contribution in [0.15, 0.2) is 18.2 Å². The molecule has 3 heteroatoms. The monoisotopic (exact) mass is 271 g/mol. The summed E-state index contributed by atoms with van der Waals surface area (Å²) in [6, 6.07) is 6.01. The van der Waals surface area contributed by atoms with Gasteiger partial charge in [-0.15, -0.1) is 0 Å². The van der Waals surface area contributed by atoms with E-state index < -0.39 is 0 Å². The van der Waals surface area contributed by atoms with Crippen LogP contribution in [0.3, 0.4) is 0 Å². The zero-order valence-electron chi connectivity index (χ0n) is 12.1. The Kier molecular flexibility index (Phi) is 4.81. The summed E-state index contributed by atoms with van der Waals surface area (Å²) in [5.74, 6) is 5.55. The molecule has 1 aromatic rings. The summed E-state index contributed by atoms with van der Waals surface area (Å²) in [6.45, 7) is 1.79. The van der Waals surface area contributed by atoms with Crippen molar-refractivity contribution in [1.29, 1.82) is 0 Å². The van der Waals surface area contributed by atoms with E-state index in [1.54, 1.807) is 0 Å². The number of rotatable bonds is 2. The van der Waals surface area contributed by atoms with Crippen molar-refractivity contribution in [1.82, 2.24) is 4.90 Å². The summed E-state index contributed by atoms with van der Waals surface area (Å²) < 4.78 is 0. The fourth-order valence-corrected chi connectivity index (χ4v) is 2.78. The van der Waals surface area contributed by atoms with Crippen molar-refractivity contribution in [2.75, 3.05) is 13.7 Å². The molecule has 0 spiro atoms. The van der Waals surface area contributed by atoms with Crippen LogP contribution in [0, 0.1) is 18.8 Å². The van der Waals surface area contributed by atoms with E-state index in [-0.39, 0.29) is 12.5 Å². The quantitative estimate of drug-likeness (QED) is 0.839. The van der Waals surface area contributed by atoms with Crippen LogP contribution in [0.2, 0.25) is 0 Å². The van der Waals surface area contributed by atoms with Gasteiger partial charge < -0.3 is 10.0 Å². The minimum Gasteiger partial charge on any atom is -0.384 e. The van der Waals surface area contributed by atoms with Gasteiger partial charge in [-0.1, -0.05) is 24.7 Å². The number of hydrogen-bond donors (Lipinski definition) is 1. The Labute approximate surface area is 120 Å². The highest BCUT2D eigenvalue weighted by Gasteiger charge is 2.24. The predicted molar refractivity (Wildman–Crippen MR) is 79.5 cm³/mol. The molecule has 106 valence electrons. The molecule has 1 N–H and O–H groups in total. The first kappa shape index (κ1) is 14.6. The SMILES string of the molecule is Cc1cc(C#CCO)cc(C(=O)N(C)C2CCCC2)c1. The van der Waals surface area contributed by atoms with E-state index in [0.29, 0.717) is 11.6 Å². The third-order valence-corrected chi connectivity index (χ3v) is 3.83. The molecule has 2 rings (SSSR count). The molecule has 0 atom stereocenters. The molecule has 0 aromatic heterocycles. The first-order valence-corrected chi connectivity index (χ1v) is 7.10. The molecular weight excluding hydrogens is 250 g/mol. The predicted octanol–water partition coefficient (Wildman–Crippen LogP) is 2.35. The van der Waals surface area contributed by atoms with Gasteiger partial charge in [0.2, 0.25) is 0 Å². The molecule has 1 aromatic carbocycles. The minimum absolute atomic E-state index is 0.0626. The second-order valence-electron chi connectivity index (χ2n) is 5.40. The molecule has 1 aliphatic rings. The Balaban J connectivity index is 2.22.